The van der Waals surface area contributed by atoms with Gasteiger partial charge in [-0.2, -0.15) is 0 Å². The van der Waals surface area contributed by atoms with Crippen LogP contribution in [-0.2, 0) is 6.54 Å². The topological polar surface area (TPSA) is 45.3 Å². The molecule has 1 N–H and O–H groups in total. The normalized spacial score (nSPS) is 11.5. The third kappa shape index (κ3) is 2.79. The molecule has 0 saturated heterocycles. The second-order valence-corrected chi connectivity index (χ2v) is 7.53. The lowest BCUT2D eigenvalue weighted by Crippen LogP contribution is -2.10. The Balaban J connectivity index is 2.01. The summed E-state index contributed by atoms with van der Waals surface area (Å²) in [6.07, 6.45) is 0. The van der Waals surface area contributed by atoms with Crippen LogP contribution in [0.1, 0.15) is 5.56 Å². The number of hydrogen-bond acceptors (Lipinski definition) is 4. The average molecular weight is 364 g/mol. The molecule has 2 heterocycles. The van der Waals surface area contributed by atoms with Gasteiger partial charge in [-0.05, 0) is 48.8 Å². The lowest BCUT2D eigenvalue weighted by molar-refractivity contribution is 0.402. The number of thiophene rings is 1. The molecule has 2 aromatic carbocycles. The van der Waals surface area contributed by atoms with Crippen molar-refractivity contribution in [2.45, 2.75) is 6.54 Å². The number of aromatic amines is 1. The Hall–Kier alpha value is -2.63. The highest BCUT2D eigenvalue weighted by atomic mass is 32.1. The molecule has 0 saturated carbocycles. The largest absolute Gasteiger partial charge is 0.496 e. The monoisotopic (exact) mass is 364 g/mol. The van der Waals surface area contributed by atoms with Gasteiger partial charge in [0.25, 0.3) is 5.56 Å². The Bertz CT molecular complexity index is 1140. The van der Waals surface area contributed by atoms with Gasteiger partial charge in [0.1, 0.15) is 10.4 Å². The van der Waals surface area contributed by atoms with E-state index in [0.717, 1.165) is 44.4 Å². The van der Waals surface area contributed by atoms with Crippen LogP contribution in [0.3, 0.4) is 0 Å². The zero-order chi connectivity index (χ0) is 18.3. The second kappa shape index (κ2) is 6.59. The van der Waals surface area contributed by atoms with Crippen LogP contribution in [0, 0.1) is 0 Å². The van der Waals surface area contributed by atoms with Crippen molar-refractivity contribution in [3.63, 3.8) is 0 Å². The predicted molar refractivity (Wildman–Crippen MR) is 109 cm³/mol. The number of methoxy groups -OCH3 is 1. The molecule has 0 spiro atoms. The molecule has 0 aliphatic rings. The van der Waals surface area contributed by atoms with E-state index in [1.807, 2.05) is 23.6 Å². The van der Waals surface area contributed by atoms with Crippen LogP contribution in [-0.4, -0.2) is 31.1 Å². The molecule has 2 aromatic heterocycles. The van der Waals surface area contributed by atoms with E-state index in [1.54, 1.807) is 7.11 Å². The third-order valence-corrected chi connectivity index (χ3v) is 5.43. The van der Waals surface area contributed by atoms with E-state index < -0.39 is 0 Å². The number of ether oxygens (including phenoxy) is 1. The van der Waals surface area contributed by atoms with Gasteiger partial charge in [-0.25, -0.2) is 0 Å². The summed E-state index contributed by atoms with van der Waals surface area (Å²) in [5, 5.41) is 3.96. The fraction of sp³-hybridized carbons (Fsp3) is 0.190. The molecule has 0 unspecified atom stereocenters. The fourth-order valence-corrected chi connectivity index (χ4v) is 4.22. The summed E-state index contributed by atoms with van der Waals surface area (Å²) in [6.45, 7) is 0.898. The van der Waals surface area contributed by atoms with Crippen molar-refractivity contribution in [2.24, 2.45) is 0 Å². The number of pyridine rings is 1. The Morgan fingerprint density at radius 3 is 2.54 bits per heavy atom. The van der Waals surface area contributed by atoms with Gasteiger partial charge in [-0.3, -0.25) is 4.79 Å². The van der Waals surface area contributed by atoms with Crippen molar-refractivity contribution >= 4 is 32.3 Å². The fourth-order valence-electron chi connectivity index (χ4n) is 3.43. The highest BCUT2D eigenvalue weighted by Gasteiger charge is 2.16. The maximum atomic E-state index is 12.3. The van der Waals surface area contributed by atoms with Gasteiger partial charge in [0, 0.05) is 28.4 Å². The minimum atomic E-state index is -0.0417. The molecule has 26 heavy (non-hydrogen) atoms. The lowest BCUT2D eigenvalue weighted by atomic mass is 9.96. The molecular weight excluding hydrogens is 344 g/mol. The maximum Gasteiger partial charge on any atom is 0.266 e. The zero-order valence-electron chi connectivity index (χ0n) is 15.0. The van der Waals surface area contributed by atoms with E-state index in [2.05, 4.69) is 48.2 Å². The number of fused-ring (bicyclic) bond motifs is 3. The first-order chi connectivity index (χ1) is 12.6. The third-order valence-electron chi connectivity index (χ3n) is 4.52. The SMILES string of the molecule is COc1ccc2[nH]c(=O)c3sccc3c2c1-c1ccc(CN(C)C)cc1. The van der Waals surface area contributed by atoms with E-state index in [1.165, 1.54) is 16.9 Å². The minimum Gasteiger partial charge on any atom is -0.496 e. The molecule has 0 amide bonds. The molecule has 132 valence electrons. The summed E-state index contributed by atoms with van der Waals surface area (Å²) in [7, 11) is 5.80. The quantitative estimate of drug-likeness (QED) is 0.581. The minimum absolute atomic E-state index is 0.0417. The molecule has 4 nitrogen and oxygen atoms in total. The molecular formula is C21H20N2O2S. The van der Waals surface area contributed by atoms with E-state index in [4.69, 9.17) is 4.74 Å². The standard InChI is InChI=1S/C21H20N2O2S/c1-23(2)12-13-4-6-14(7-5-13)18-17(25-3)9-8-16-19(18)15-10-11-26-20(15)21(24)22-16/h4-11H,12H2,1-3H3,(H,22,24). The summed E-state index contributed by atoms with van der Waals surface area (Å²) in [5.74, 6) is 0.803. The van der Waals surface area contributed by atoms with Crippen molar-refractivity contribution in [2.75, 3.05) is 21.2 Å². The van der Waals surface area contributed by atoms with Crippen molar-refractivity contribution in [3.8, 4) is 16.9 Å². The smallest absolute Gasteiger partial charge is 0.266 e. The number of aromatic nitrogens is 1. The summed E-state index contributed by atoms with van der Waals surface area (Å²) in [5.41, 5.74) is 4.14. The average Bonchev–Trinajstić information content (AvgIpc) is 3.12. The molecule has 0 fully saturated rings. The summed E-state index contributed by atoms with van der Waals surface area (Å²) in [6, 6.07) is 14.4. The van der Waals surface area contributed by atoms with Crippen molar-refractivity contribution in [1.29, 1.82) is 0 Å². The number of hydrogen-bond donors (Lipinski definition) is 1. The summed E-state index contributed by atoms with van der Waals surface area (Å²) >= 11 is 1.47. The molecule has 5 heteroatoms. The van der Waals surface area contributed by atoms with Crippen LogP contribution in [0.4, 0.5) is 0 Å². The van der Waals surface area contributed by atoms with Crippen LogP contribution >= 0.6 is 11.3 Å². The number of nitrogens with zero attached hydrogens (tertiary/aromatic N) is 1. The van der Waals surface area contributed by atoms with Gasteiger partial charge in [0.2, 0.25) is 0 Å². The molecule has 0 radical (unpaired) electrons. The van der Waals surface area contributed by atoms with Crippen LogP contribution < -0.4 is 10.3 Å². The Labute approximate surface area is 155 Å². The van der Waals surface area contributed by atoms with E-state index in [9.17, 15) is 4.79 Å². The van der Waals surface area contributed by atoms with E-state index in [-0.39, 0.29) is 5.56 Å². The first-order valence-electron chi connectivity index (χ1n) is 8.42. The summed E-state index contributed by atoms with van der Waals surface area (Å²) in [4.78, 5) is 17.5. The van der Waals surface area contributed by atoms with Gasteiger partial charge in [-0.1, -0.05) is 24.3 Å². The van der Waals surface area contributed by atoms with Crippen molar-refractivity contribution in [3.05, 3.63) is 63.8 Å². The molecule has 0 aliphatic heterocycles. The van der Waals surface area contributed by atoms with Gasteiger partial charge < -0.3 is 14.6 Å². The Morgan fingerprint density at radius 1 is 1.08 bits per heavy atom. The highest BCUT2D eigenvalue weighted by Crippen LogP contribution is 2.40. The number of rotatable bonds is 4. The van der Waals surface area contributed by atoms with E-state index >= 15 is 0 Å². The van der Waals surface area contributed by atoms with Crippen LogP contribution in [0.2, 0.25) is 0 Å². The second-order valence-electron chi connectivity index (χ2n) is 6.62. The van der Waals surface area contributed by atoms with Gasteiger partial charge in [0.05, 0.1) is 7.11 Å². The molecule has 4 aromatic rings. The highest BCUT2D eigenvalue weighted by molar-refractivity contribution is 7.17. The molecule has 0 atom stereocenters. The lowest BCUT2D eigenvalue weighted by Gasteiger charge is -2.14. The summed E-state index contributed by atoms with van der Waals surface area (Å²) < 4.78 is 6.41. The van der Waals surface area contributed by atoms with Crippen molar-refractivity contribution < 1.29 is 4.74 Å². The molecule has 0 aliphatic carbocycles. The predicted octanol–water partition coefficient (Wildman–Crippen LogP) is 4.48. The Morgan fingerprint density at radius 2 is 1.85 bits per heavy atom. The number of H-pyrrole nitrogens is 1. The van der Waals surface area contributed by atoms with Crippen LogP contribution in [0.15, 0.2) is 52.6 Å². The van der Waals surface area contributed by atoms with E-state index in [0.29, 0.717) is 0 Å². The Kier molecular flexibility index (Phi) is 4.26. The molecule has 0 bridgehead atoms. The van der Waals surface area contributed by atoms with Gasteiger partial charge >= 0.3 is 0 Å². The zero-order valence-corrected chi connectivity index (χ0v) is 15.8. The van der Waals surface area contributed by atoms with Gasteiger partial charge in [0.15, 0.2) is 0 Å². The van der Waals surface area contributed by atoms with Crippen molar-refractivity contribution in [1.82, 2.24) is 9.88 Å². The number of nitrogens with one attached hydrogen (secondary N) is 1. The van der Waals surface area contributed by atoms with Crippen LogP contribution in [0.5, 0.6) is 5.75 Å². The maximum absolute atomic E-state index is 12.3. The first kappa shape index (κ1) is 16.8. The molecule has 4 rings (SSSR count). The van der Waals surface area contributed by atoms with Gasteiger partial charge in [-0.15, -0.1) is 11.3 Å². The first-order valence-corrected chi connectivity index (χ1v) is 9.30. The van der Waals surface area contributed by atoms with Crippen LogP contribution in [0.25, 0.3) is 32.1 Å². The number of benzene rings is 2.